The van der Waals surface area contributed by atoms with E-state index in [2.05, 4.69) is 10.9 Å². The Balaban J connectivity index is 1.67. The molecule has 1 heterocycles. The van der Waals surface area contributed by atoms with Gasteiger partial charge in [-0.3, -0.25) is 9.64 Å². The van der Waals surface area contributed by atoms with E-state index in [1.54, 1.807) is 18.2 Å². The van der Waals surface area contributed by atoms with Crippen molar-refractivity contribution in [1.29, 1.82) is 5.26 Å². The number of anilines is 1. The number of rotatable bonds is 8. The first-order valence-corrected chi connectivity index (χ1v) is 11.2. The Kier molecular flexibility index (Phi) is 7.98. The van der Waals surface area contributed by atoms with Crippen LogP contribution >= 0.6 is 0 Å². The lowest BCUT2D eigenvalue weighted by Crippen LogP contribution is -2.47. The lowest BCUT2D eigenvalue weighted by Gasteiger charge is -2.36. The average molecular weight is 433 g/mol. The number of nitrogens with zero attached hydrogens (tertiary/aromatic N) is 4. The fourth-order valence-corrected chi connectivity index (χ4v) is 4.39. The van der Waals surface area contributed by atoms with Crippen molar-refractivity contribution in [2.75, 3.05) is 31.1 Å². The molecular weight excluding hydrogens is 403 g/mol. The van der Waals surface area contributed by atoms with Gasteiger partial charge >= 0.3 is 6.17 Å². The first-order valence-electron chi connectivity index (χ1n) is 11.2. The van der Waals surface area contributed by atoms with Crippen molar-refractivity contribution in [2.24, 2.45) is 5.92 Å². The highest BCUT2D eigenvalue weighted by Gasteiger charge is 2.31. The second-order valence-corrected chi connectivity index (χ2v) is 8.17. The number of piperazine rings is 1. The third-order valence-electron chi connectivity index (χ3n) is 6.31. The van der Waals surface area contributed by atoms with Gasteiger partial charge in [0.15, 0.2) is 0 Å². The Labute approximate surface area is 189 Å². The van der Waals surface area contributed by atoms with Gasteiger partial charge in [-0.1, -0.05) is 32.0 Å². The fraction of sp³-hybridized carbons (Fsp3) is 0.423. The number of ketones is 1. The molecule has 6 heteroatoms. The van der Waals surface area contributed by atoms with E-state index >= 15 is 0 Å². The van der Waals surface area contributed by atoms with Crippen LogP contribution in [0.2, 0.25) is 0 Å². The topological polar surface area (TPSA) is 51.7 Å². The van der Waals surface area contributed by atoms with Gasteiger partial charge in [0.25, 0.3) is 0 Å². The minimum absolute atomic E-state index is 0.0346. The first-order chi connectivity index (χ1) is 15.5. The van der Waals surface area contributed by atoms with Gasteiger partial charge in [-0.05, 0) is 42.7 Å². The highest BCUT2D eigenvalue weighted by molar-refractivity contribution is 5.83. The van der Waals surface area contributed by atoms with Gasteiger partial charge in [0.1, 0.15) is 11.6 Å². The Morgan fingerprint density at radius 2 is 1.84 bits per heavy atom. The van der Waals surface area contributed by atoms with Crippen molar-refractivity contribution in [2.45, 2.75) is 39.3 Å². The molecule has 1 saturated heterocycles. The van der Waals surface area contributed by atoms with Crippen LogP contribution < -0.4 is 4.90 Å². The van der Waals surface area contributed by atoms with Crippen LogP contribution in [0.15, 0.2) is 42.5 Å². The van der Waals surface area contributed by atoms with Crippen LogP contribution in [0.5, 0.6) is 0 Å². The Morgan fingerprint density at radius 3 is 2.44 bits per heavy atom. The van der Waals surface area contributed by atoms with Gasteiger partial charge < -0.3 is 4.90 Å². The molecule has 0 aliphatic carbocycles. The van der Waals surface area contributed by atoms with E-state index in [0.717, 1.165) is 18.4 Å². The summed E-state index contributed by atoms with van der Waals surface area (Å²) >= 11 is 0. The SMILES string of the molecule is [C-]#[N+]C(c1ccccc1C#N)N1CCN(c2ccc(CC(=O)C(CC)CC)cc2F)CC1. The molecule has 5 nitrogen and oxygen atoms in total. The zero-order valence-electron chi connectivity index (χ0n) is 18.7. The highest BCUT2D eigenvalue weighted by Crippen LogP contribution is 2.29. The number of Topliss-reactive ketones (excluding diaryl/α,β-unsaturated/α-hetero) is 1. The molecule has 1 aliphatic heterocycles. The fourth-order valence-electron chi connectivity index (χ4n) is 4.39. The summed E-state index contributed by atoms with van der Waals surface area (Å²) in [4.78, 5) is 20.2. The molecule has 0 radical (unpaired) electrons. The second kappa shape index (κ2) is 10.9. The van der Waals surface area contributed by atoms with E-state index < -0.39 is 6.17 Å². The maximum atomic E-state index is 14.9. The van der Waals surface area contributed by atoms with E-state index in [4.69, 9.17) is 6.57 Å². The normalized spacial score (nSPS) is 15.2. The molecule has 1 atom stereocenters. The predicted octanol–water partition coefficient (Wildman–Crippen LogP) is 4.99. The molecule has 2 aromatic rings. The zero-order valence-corrected chi connectivity index (χ0v) is 18.7. The summed E-state index contributed by atoms with van der Waals surface area (Å²) in [6.45, 7) is 14.0. The summed E-state index contributed by atoms with van der Waals surface area (Å²) in [7, 11) is 0. The minimum Gasteiger partial charge on any atom is -0.367 e. The van der Waals surface area contributed by atoms with Crippen molar-refractivity contribution in [3.8, 4) is 6.07 Å². The summed E-state index contributed by atoms with van der Waals surface area (Å²) < 4.78 is 14.9. The summed E-state index contributed by atoms with van der Waals surface area (Å²) in [5.74, 6) is -0.115. The number of halogens is 1. The first kappa shape index (κ1) is 23.4. The number of nitriles is 1. The summed E-state index contributed by atoms with van der Waals surface area (Å²) in [5.41, 5.74) is 2.47. The van der Waals surface area contributed by atoms with Crippen molar-refractivity contribution in [3.05, 3.63) is 76.4 Å². The third-order valence-corrected chi connectivity index (χ3v) is 6.31. The molecule has 0 saturated carbocycles. The monoisotopic (exact) mass is 432 g/mol. The van der Waals surface area contributed by atoms with Crippen LogP contribution in [-0.2, 0) is 11.2 Å². The third kappa shape index (κ3) is 5.15. The number of hydrogen-bond acceptors (Lipinski definition) is 4. The molecule has 1 aliphatic rings. The van der Waals surface area contributed by atoms with Gasteiger partial charge in [-0.15, -0.1) is 0 Å². The van der Waals surface area contributed by atoms with Crippen molar-refractivity contribution in [3.63, 3.8) is 0 Å². The molecule has 32 heavy (non-hydrogen) atoms. The second-order valence-electron chi connectivity index (χ2n) is 8.17. The molecule has 0 amide bonds. The van der Waals surface area contributed by atoms with E-state index in [1.807, 2.05) is 41.8 Å². The van der Waals surface area contributed by atoms with Crippen LogP contribution in [0, 0.1) is 29.6 Å². The molecule has 1 fully saturated rings. The van der Waals surface area contributed by atoms with Crippen molar-refractivity contribution < 1.29 is 9.18 Å². The molecular formula is C26H29FN4O. The molecule has 2 aromatic carbocycles. The summed E-state index contributed by atoms with van der Waals surface area (Å²) in [5, 5.41) is 9.38. The van der Waals surface area contributed by atoms with Gasteiger partial charge in [0.2, 0.25) is 0 Å². The highest BCUT2D eigenvalue weighted by atomic mass is 19.1. The zero-order chi connectivity index (χ0) is 23.1. The number of benzene rings is 2. The van der Waals surface area contributed by atoms with Gasteiger partial charge in [-0.25, -0.2) is 15.9 Å². The van der Waals surface area contributed by atoms with Gasteiger partial charge in [0, 0.05) is 38.5 Å². The van der Waals surface area contributed by atoms with E-state index in [0.29, 0.717) is 43.0 Å². The Morgan fingerprint density at radius 1 is 1.16 bits per heavy atom. The maximum Gasteiger partial charge on any atom is 0.306 e. The van der Waals surface area contributed by atoms with Gasteiger partial charge in [-0.2, -0.15) is 5.26 Å². The Bertz CT molecular complexity index is 1030. The van der Waals surface area contributed by atoms with Crippen molar-refractivity contribution in [1.82, 2.24) is 4.90 Å². The van der Waals surface area contributed by atoms with Crippen LogP contribution in [0.3, 0.4) is 0 Å². The summed E-state index contributed by atoms with van der Waals surface area (Å²) in [6, 6.07) is 14.5. The largest absolute Gasteiger partial charge is 0.367 e. The van der Waals surface area contributed by atoms with E-state index in [1.165, 1.54) is 6.07 Å². The van der Waals surface area contributed by atoms with Crippen LogP contribution in [-0.4, -0.2) is 36.9 Å². The van der Waals surface area contributed by atoms with E-state index in [-0.39, 0.29) is 23.9 Å². The molecule has 166 valence electrons. The van der Waals surface area contributed by atoms with Crippen LogP contribution in [0.1, 0.15) is 49.5 Å². The lowest BCUT2D eigenvalue weighted by atomic mass is 9.93. The smallest absolute Gasteiger partial charge is 0.306 e. The lowest BCUT2D eigenvalue weighted by molar-refractivity contribution is -0.122. The average Bonchev–Trinajstić information content (AvgIpc) is 2.81. The Hall–Kier alpha value is -3.22. The number of carbonyl (C=O) groups is 1. The predicted molar refractivity (Wildman–Crippen MR) is 123 cm³/mol. The molecule has 0 aromatic heterocycles. The maximum absolute atomic E-state index is 14.9. The standard InChI is InChI=1S/C26H29FN4O/c1-4-20(5-2)25(32)17-19-10-11-24(23(27)16-19)30-12-14-31(15-13-30)26(29-3)22-9-7-6-8-21(22)18-28/h6-11,16,20,26H,4-5,12-15,17H2,1-2H3. The quantitative estimate of drug-likeness (QED) is 0.552. The van der Waals surface area contributed by atoms with Crippen LogP contribution in [0.4, 0.5) is 10.1 Å². The molecule has 0 N–H and O–H groups in total. The molecule has 3 rings (SSSR count). The summed E-state index contributed by atoms with van der Waals surface area (Å²) in [6.07, 6.45) is 1.37. The van der Waals surface area contributed by atoms with Crippen LogP contribution in [0.25, 0.3) is 4.85 Å². The molecule has 1 unspecified atom stereocenters. The number of hydrogen-bond donors (Lipinski definition) is 0. The number of carbonyl (C=O) groups excluding carboxylic acids is 1. The van der Waals surface area contributed by atoms with Gasteiger partial charge in [0.05, 0.1) is 22.9 Å². The van der Waals surface area contributed by atoms with Crippen molar-refractivity contribution >= 4 is 11.5 Å². The molecule has 0 spiro atoms. The van der Waals surface area contributed by atoms with E-state index in [9.17, 15) is 14.4 Å². The minimum atomic E-state index is -0.517. The molecule has 0 bridgehead atoms.